The number of pyridine rings is 1. The summed E-state index contributed by atoms with van der Waals surface area (Å²) in [7, 11) is 1.79. The largest absolute Gasteiger partial charge is 0.316 e. The van der Waals surface area contributed by atoms with E-state index in [-0.39, 0.29) is 0 Å². The molecule has 0 aliphatic carbocycles. The molecule has 5 heteroatoms. The van der Waals surface area contributed by atoms with Crippen LogP contribution in [0.3, 0.4) is 0 Å². The van der Waals surface area contributed by atoms with Crippen LogP contribution in [0.5, 0.6) is 0 Å². The van der Waals surface area contributed by atoms with Crippen LogP contribution in [-0.4, -0.2) is 27.4 Å². The van der Waals surface area contributed by atoms with E-state index in [1.54, 1.807) is 13.1 Å². The minimum Gasteiger partial charge on any atom is -0.316 e. The third kappa shape index (κ3) is 7.19. The first kappa shape index (κ1) is 36.7. The number of para-hydroxylation sites is 2. The number of rotatable bonds is 9. The summed E-state index contributed by atoms with van der Waals surface area (Å²) in [4.78, 5) is 11.2. The molecule has 3 aromatic heterocycles. The van der Waals surface area contributed by atoms with Crippen LogP contribution in [0, 0.1) is 0 Å². The fraction of sp³-hybridized carbons (Fsp3) is 0.0769. The highest BCUT2D eigenvalue weighted by atomic mass is 15.1. The average molecular weight is 740 g/mol. The zero-order valence-electron chi connectivity index (χ0n) is 32.6. The SMILES string of the molecule is C=C/C=C(\C=NC)c1ccc(N(c2ccc(-c3ccccn3)cc2)c2ccc3c(c2)c2ccc4c(ccn4-c4ccccc4)c2n3-c2ccccc2)cc1.CCC. The average Bonchev–Trinajstić information content (AvgIpc) is 3.85. The van der Waals surface area contributed by atoms with Gasteiger partial charge in [0.2, 0.25) is 0 Å². The van der Waals surface area contributed by atoms with Gasteiger partial charge in [0, 0.05) is 75.8 Å². The van der Waals surface area contributed by atoms with Crippen molar-refractivity contribution in [2.45, 2.75) is 20.3 Å². The summed E-state index contributed by atoms with van der Waals surface area (Å²) in [5, 5.41) is 3.59. The van der Waals surface area contributed by atoms with E-state index in [9.17, 15) is 0 Å². The second kappa shape index (κ2) is 16.6. The Labute approximate surface area is 334 Å². The normalized spacial score (nSPS) is 11.6. The summed E-state index contributed by atoms with van der Waals surface area (Å²) < 4.78 is 4.69. The van der Waals surface area contributed by atoms with Crippen molar-refractivity contribution in [1.82, 2.24) is 14.1 Å². The fourth-order valence-electron chi connectivity index (χ4n) is 7.56. The molecule has 0 atom stereocenters. The Hall–Kier alpha value is -7.24. The second-order valence-corrected chi connectivity index (χ2v) is 13.9. The molecule has 57 heavy (non-hydrogen) atoms. The van der Waals surface area contributed by atoms with Crippen LogP contribution in [0.2, 0.25) is 0 Å². The summed E-state index contributed by atoms with van der Waals surface area (Å²) in [5.41, 5.74) is 13.0. The number of benzene rings is 6. The molecule has 3 heterocycles. The fourth-order valence-corrected chi connectivity index (χ4v) is 7.56. The molecule has 0 aliphatic rings. The molecule has 0 fully saturated rings. The summed E-state index contributed by atoms with van der Waals surface area (Å²) in [5.74, 6) is 0. The molecule has 278 valence electrons. The molecule has 0 unspecified atom stereocenters. The van der Waals surface area contributed by atoms with Gasteiger partial charge in [-0.15, -0.1) is 0 Å². The first-order chi connectivity index (χ1) is 28.1. The Morgan fingerprint density at radius 3 is 1.93 bits per heavy atom. The number of allylic oxidation sites excluding steroid dienone is 3. The number of nitrogens with zero attached hydrogens (tertiary/aromatic N) is 5. The van der Waals surface area contributed by atoms with E-state index in [0.29, 0.717) is 0 Å². The van der Waals surface area contributed by atoms with Crippen molar-refractivity contribution in [3.05, 3.63) is 200 Å². The molecule has 0 spiro atoms. The number of aliphatic imine (C=N–C) groups is 1. The first-order valence-electron chi connectivity index (χ1n) is 19.5. The molecule has 0 saturated carbocycles. The van der Waals surface area contributed by atoms with Crippen LogP contribution >= 0.6 is 0 Å². The van der Waals surface area contributed by atoms with Gasteiger partial charge in [0.25, 0.3) is 0 Å². The molecule has 5 nitrogen and oxygen atoms in total. The molecule has 0 N–H and O–H groups in total. The van der Waals surface area contributed by atoms with Gasteiger partial charge >= 0.3 is 0 Å². The maximum atomic E-state index is 4.59. The van der Waals surface area contributed by atoms with Crippen LogP contribution < -0.4 is 4.90 Å². The lowest BCUT2D eigenvalue weighted by molar-refractivity contribution is 1.09. The van der Waals surface area contributed by atoms with Gasteiger partial charge in [-0.25, -0.2) is 0 Å². The molecule has 0 aliphatic heterocycles. The molecular weight excluding hydrogens is 695 g/mol. The van der Waals surface area contributed by atoms with E-state index in [2.05, 4.69) is 196 Å². The van der Waals surface area contributed by atoms with Gasteiger partial charge in [-0.3, -0.25) is 9.98 Å². The summed E-state index contributed by atoms with van der Waals surface area (Å²) >= 11 is 0. The molecule has 0 saturated heterocycles. The smallest absolute Gasteiger partial charge is 0.0701 e. The minimum absolute atomic E-state index is 0.946. The predicted molar refractivity (Wildman–Crippen MR) is 244 cm³/mol. The minimum atomic E-state index is 0.946. The zero-order valence-corrected chi connectivity index (χ0v) is 32.6. The van der Waals surface area contributed by atoms with Gasteiger partial charge in [0.05, 0.1) is 22.2 Å². The number of hydrogen-bond acceptors (Lipinski definition) is 3. The van der Waals surface area contributed by atoms with Gasteiger partial charge in [0.15, 0.2) is 0 Å². The molecule has 6 aromatic carbocycles. The summed E-state index contributed by atoms with van der Waals surface area (Å²) in [6.45, 7) is 8.16. The maximum absolute atomic E-state index is 4.59. The Bertz CT molecular complexity index is 2830. The lowest BCUT2D eigenvalue weighted by Gasteiger charge is -2.26. The van der Waals surface area contributed by atoms with E-state index < -0.39 is 0 Å². The van der Waals surface area contributed by atoms with Crippen molar-refractivity contribution in [2.75, 3.05) is 11.9 Å². The summed E-state index contributed by atoms with van der Waals surface area (Å²) in [6, 6.07) is 58.2. The Balaban J connectivity index is 0.00000147. The third-order valence-electron chi connectivity index (χ3n) is 10.00. The maximum Gasteiger partial charge on any atom is 0.0701 e. The van der Waals surface area contributed by atoms with Crippen LogP contribution in [0.15, 0.2) is 200 Å². The van der Waals surface area contributed by atoms with Crippen molar-refractivity contribution >= 4 is 61.6 Å². The monoisotopic (exact) mass is 739 g/mol. The highest BCUT2D eigenvalue weighted by molar-refractivity contribution is 6.19. The van der Waals surface area contributed by atoms with Crippen molar-refractivity contribution in [2.24, 2.45) is 4.99 Å². The van der Waals surface area contributed by atoms with Crippen molar-refractivity contribution in [3.8, 4) is 22.6 Å². The Kier molecular flexibility index (Phi) is 10.7. The highest BCUT2D eigenvalue weighted by Crippen LogP contribution is 2.42. The Morgan fingerprint density at radius 2 is 1.28 bits per heavy atom. The zero-order chi connectivity index (χ0) is 39.1. The molecule has 9 aromatic rings. The number of anilines is 3. The summed E-state index contributed by atoms with van der Waals surface area (Å²) in [6.07, 6.45) is 10.9. The molecular formula is C52H45N5. The van der Waals surface area contributed by atoms with Crippen LogP contribution in [0.4, 0.5) is 17.1 Å². The van der Waals surface area contributed by atoms with Crippen LogP contribution in [0.25, 0.3) is 60.9 Å². The second-order valence-electron chi connectivity index (χ2n) is 13.9. The van der Waals surface area contributed by atoms with Gasteiger partial charge in [0.1, 0.15) is 0 Å². The molecule has 0 radical (unpaired) electrons. The van der Waals surface area contributed by atoms with Gasteiger partial charge in [-0.1, -0.05) is 112 Å². The standard InChI is InChI=1S/C49H37N5.C3H8/c1-3-12-37(34-50-2)35-18-22-40(23-19-35)53(41-24-20-36(21-25-41)46-17-10-11-31-51-46)42-26-28-48-45(33-42)43-27-29-47-44(30-32-52(47)38-13-6-4-7-14-38)49(43)54(48)39-15-8-5-9-16-39;1-3-2/h3-34H,1H2,2H3;3H2,1-2H3/b37-12+,50-34?;. The van der Waals surface area contributed by atoms with Crippen molar-refractivity contribution in [1.29, 1.82) is 0 Å². The number of aromatic nitrogens is 3. The Morgan fingerprint density at radius 1 is 0.649 bits per heavy atom. The topological polar surface area (TPSA) is 38.4 Å². The third-order valence-corrected chi connectivity index (χ3v) is 10.00. The van der Waals surface area contributed by atoms with Crippen LogP contribution in [0.1, 0.15) is 25.8 Å². The molecule has 9 rings (SSSR count). The van der Waals surface area contributed by atoms with E-state index in [1.807, 2.05) is 36.7 Å². The van der Waals surface area contributed by atoms with Crippen LogP contribution in [-0.2, 0) is 0 Å². The lowest BCUT2D eigenvalue weighted by Crippen LogP contribution is -2.10. The quantitative estimate of drug-likeness (QED) is 0.109. The number of fused-ring (bicyclic) bond motifs is 5. The van der Waals surface area contributed by atoms with Crippen molar-refractivity contribution in [3.63, 3.8) is 0 Å². The van der Waals surface area contributed by atoms with Gasteiger partial charge in [-0.2, -0.15) is 0 Å². The number of hydrogen-bond donors (Lipinski definition) is 0. The predicted octanol–water partition coefficient (Wildman–Crippen LogP) is 13.9. The molecule has 0 amide bonds. The molecule has 0 bridgehead atoms. The van der Waals surface area contributed by atoms with E-state index in [0.717, 1.165) is 56.3 Å². The van der Waals surface area contributed by atoms with Gasteiger partial charge < -0.3 is 14.0 Å². The lowest BCUT2D eigenvalue weighted by atomic mass is 10.0. The van der Waals surface area contributed by atoms with Gasteiger partial charge in [-0.05, 0) is 102 Å². The van der Waals surface area contributed by atoms with E-state index >= 15 is 0 Å². The highest BCUT2D eigenvalue weighted by Gasteiger charge is 2.20. The van der Waals surface area contributed by atoms with E-state index in [4.69, 9.17) is 0 Å². The first-order valence-corrected chi connectivity index (χ1v) is 19.5. The van der Waals surface area contributed by atoms with Crippen molar-refractivity contribution < 1.29 is 0 Å². The van der Waals surface area contributed by atoms with E-state index in [1.165, 1.54) is 33.6 Å².